The number of rotatable bonds is 6. The monoisotopic (exact) mass is 461 g/mol. The van der Waals surface area contributed by atoms with Gasteiger partial charge in [0.2, 0.25) is 5.95 Å². The molecule has 5 rings (SSSR count). The van der Waals surface area contributed by atoms with E-state index in [1.165, 1.54) is 12.8 Å². The largest absolute Gasteiger partial charge is 0.381 e. The summed E-state index contributed by atoms with van der Waals surface area (Å²) < 4.78 is 9.27. The van der Waals surface area contributed by atoms with Crippen LogP contribution in [0.15, 0.2) is 47.5 Å². The lowest BCUT2D eigenvalue weighted by molar-refractivity contribution is 0.0480. The molecule has 2 fully saturated rings. The number of hydrogen-bond donors (Lipinski definition) is 1. The third-order valence-electron chi connectivity index (χ3n) is 7.19. The minimum atomic E-state index is -0.0411. The van der Waals surface area contributed by atoms with Crippen molar-refractivity contribution >= 4 is 5.95 Å². The van der Waals surface area contributed by atoms with E-state index >= 15 is 0 Å². The SMILES string of the molecule is Cc1cccc(-n2c(-c3ccnc(NC4CCC(C)CC4)n3)cn(CC3CCCOC3)c2=O)c1. The summed E-state index contributed by atoms with van der Waals surface area (Å²) in [4.78, 5) is 22.9. The van der Waals surface area contributed by atoms with E-state index in [4.69, 9.17) is 9.72 Å². The number of imidazole rings is 1. The second-order valence-electron chi connectivity index (χ2n) is 10.1. The van der Waals surface area contributed by atoms with Crippen LogP contribution in [0, 0.1) is 18.8 Å². The maximum absolute atomic E-state index is 13.6. The number of ether oxygens (including phenoxy) is 1. The van der Waals surface area contributed by atoms with Gasteiger partial charge in [0.05, 0.1) is 23.7 Å². The molecule has 1 aromatic carbocycles. The van der Waals surface area contributed by atoms with Gasteiger partial charge < -0.3 is 10.1 Å². The van der Waals surface area contributed by atoms with Crippen molar-refractivity contribution in [1.29, 1.82) is 0 Å². The summed E-state index contributed by atoms with van der Waals surface area (Å²) in [5, 5.41) is 3.53. The number of nitrogens with one attached hydrogen (secondary N) is 1. The number of aryl methyl sites for hydroxylation is 1. The molecule has 1 saturated heterocycles. The molecule has 3 aromatic rings. The Morgan fingerprint density at radius 1 is 1.15 bits per heavy atom. The van der Waals surface area contributed by atoms with Crippen molar-refractivity contribution in [3.05, 3.63) is 58.8 Å². The molecule has 1 saturated carbocycles. The summed E-state index contributed by atoms with van der Waals surface area (Å²) in [5.41, 5.74) is 3.46. The van der Waals surface area contributed by atoms with E-state index in [0.717, 1.165) is 60.8 Å². The number of anilines is 1. The van der Waals surface area contributed by atoms with Gasteiger partial charge in [0, 0.05) is 37.5 Å². The molecule has 2 aromatic heterocycles. The highest BCUT2D eigenvalue weighted by Gasteiger charge is 2.22. The van der Waals surface area contributed by atoms with Crippen LogP contribution in [-0.2, 0) is 11.3 Å². The Kier molecular flexibility index (Phi) is 6.81. The predicted octanol–water partition coefficient (Wildman–Crippen LogP) is 4.82. The lowest BCUT2D eigenvalue weighted by atomic mass is 9.87. The van der Waals surface area contributed by atoms with Crippen LogP contribution in [0.5, 0.6) is 0 Å². The normalized spacial score (nSPS) is 23.1. The van der Waals surface area contributed by atoms with E-state index in [0.29, 0.717) is 31.1 Å². The van der Waals surface area contributed by atoms with Crippen molar-refractivity contribution in [1.82, 2.24) is 19.1 Å². The van der Waals surface area contributed by atoms with Crippen molar-refractivity contribution in [3.8, 4) is 17.1 Å². The minimum Gasteiger partial charge on any atom is -0.381 e. The average molecular weight is 462 g/mol. The van der Waals surface area contributed by atoms with E-state index in [-0.39, 0.29) is 5.69 Å². The first-order chi connectivity index (χ1) is 16.6. The van der Waals surface area contributed by atoms with Gasteiger partial charge in [0.15, 0.2) is 0 Å². The van der Waals surface area contributed by atoms with E-state index in [1.807, 2.05) is 48.0 Å². The Morgan fingerprint density at radius 2 is 2.00 bits per heavy atom. The van der Waals surface area contributed by atoms with Crippen LogP contribution in [0.2, 0.25) is 0 Å². The summed E-state index contributed by atoms with van der Waals surface area (Å²) >= 11 is 0. The fourth-order valence-electron chi connectivity index (χ4n) is 5.21. The summed E-state index contributed by atoms with van der Waals surface area (Å²) in [5.74, 6) is 1.78. The van der Waals surface area contributed by atoms with Gasteiger partial charge in [-0.05, 0) is 75.1 Å². The van der Waals surface area contributed by atoms with Crippen LogP contribution < -0.4 is 11.0 Å². The molecule has 180 valence electrons. The highest BCUT2D eigenvalue weighted by Crippen LogP contribution is 2.27. The molecule has 34 heavy (non-hydrogen) atoms. The van der Waals surface area contributed by atoms with Gasteiger partial charge in [-0.3, -0.25) is 9.13 Å². The van der Waals surface area contributed by atoms with Gasteiger partial charge in [-0.1, -0.05) is 19.1 Å². The quantitative estimate of drug-likeness (QED) is 0.570. The van der Waals surface area contributed by atoms with Crippen molar-refractivity contribution in [3.63, 3.8) is 0 Å². The molecular weight excluding hydrogens is 426 g/mol. The zero-order valence-corrected chi connectivity index (χ0v) is 20.2. The maximum Gasteiger partial charge on any atom is 0.333 e. The van der Waals surface area contributed by atoms with E-state index < -0.39 is 0 Å². The smallest absolute Gasteiger partial charge is 0.333 e. The number of aromatic nitrogens is 4. The van der Waals surface area contributed by atoms with Crippen LogP contribution in [0.25, 0.3) is 17.1 Å². The second kappa shape index (κ2) is 10.1. The van der Waals surface area contributed by atoms with Crippen molar-refractivity contribution in [2.45, 2.75) is 65.0 Å². The third-order valence-corrected chi connectivity index (χ3v) is 7.19. The Balaban J connectivity index is 1.49. The average Bonchev–Trinajstić information content (AvgIpc) is 3.17. The van der Waals surface area contributed by atoms with Crippen molar-refractivity contribution < 1.29 is 4.74 Å². The van der Waals surface area contributed by atoms with Gasteiger partial charge >= 0.3 is 5.69 Å². The summed E-state index contributed by atoms with van der Waals surface area (Å²) in [6.07, 6.45) is 10.6. The summed E-state index contributed by atoms with van der Waals surface area (Å²) in [7, 11) is 0. The van der Waals surface area contributed by atoms with Gasteiger partial charge in [0.1, 0.15) is 0 Å². The highest BCUT2D eigenvalue weighted by molar-refractivity contribution is 5.59. The number of benzene rings is 1. The molecule has 0 amide bonds. The molecule has 1 aliphatic heterocycles. The molecular formula is C27H35N5O2. The molecule has 7 heteroatoms. The summed E-state index contributed by atoms with van der Waals surface area (Å²) in [6.45, 7) is 6.54. The van der Waals surface area contributed by atoms with Gasteiger partial charge in [-0.25, -0.2) is 14.8 Å². The molecule has 7 nitrogen and oxygen atoms in total. The predicted molar refractivity (Wildman–Crippen MR) is 134 cm³/mol. The standard InChI is InChI=1S/C27H35N5O2/c1-19-8-10-22(11-9-19)29-26-28-13-12-24(30-26)25-17-31(16-21-6-4-14-34-18-21)27(33)32(25)23-7-3-5-20(2)15-23/h3,5,7,12-13,15,17,19,21-22H,4,6,8-11,14,16,18H2,1-2H3,(H,28,29,30). The van der Waals surface area contributed by atoms with Crippen molar-refractivity contribution in [2.24, 2.45) is 11.8 Å². The van der Waals surface area contributed by atoms with E-state index in [2.05, 4.69) is 17.2 Å². The molecule has 2 aliphatic rings. The number of nitrogens with zero attached hydrogens (tertiary/aromatic N) is 4. The third kappa shape index (κ3) is 5.09. The molecule has 1 aliphatic carbocycles. The Morgan fingerprint density at radius 3 is 2.76 bits per heavy atom. The van der Waals surface area contributed by atoms with Crippen LogP contribution >= 0.6 is 0 Å². The van der Waals surface area contributed by atoms with Gasteiger partial charge in [0.25, 0.3) is 0 Å². The fraction of sp³-hybridized carbons (Fsp3) is 0.519. The van der Waals surface area contributed by atoms with Gasteiger partial charge in [-0.15, -0.1) is 0 Å². The first kappa shape index (κ1) is 22.8. The maximum atomic E-state index is 13.6. The Hall–Kier alpha value is -2.93. The lowest BCUT2D eigenvalue weighted by Crippen LogP contribution is -2.29. The van der Waals surface area contributed by atoms with E-state index in [9.17, 15) is 4.79 Å². The van der Waals surface area contributed by atoms with Gasteiger partial charge in [-0.2, -0.15) is 0 Å². The lowest BCUT2D eigenvalue weighted by Gasteiger charge is -2.26. The van der Waals surface area contributed by atoms with Crippen molar-refractivity contribution in [2.75, 3.05) is 18.5 Å². The first-order valence-electron chi connectivity index (χ1n) is 12.6. The zero-order chi connectivity index (χ0) is 23.5. The second-order valence-corrected chi connectivity index (χ2v) is 10.1. The Labute approximate surface area is 201 Å². The van der Waals surface area contributed by atoms with Crippen LogP contribution in [0.3, 0.4) is 0 Å². The van der Waals surface area contributed by atoms with Crippen LogP contribution in [0.1, 0.15) is 51.0 Å². The molecule has 1 N–H and O–H groups in total. The topological polar surface area (TPSA) is 74.0 Å². The van der Waals surface area contributed by atoms with Crippen LogP contribution in [0.4, 0.5) is 5.95 Å². The van der Waals surface area contributed by atoms with E-state index in [1.54, 1.807) is 10.8 Å². The highest BCUT2D eigenvalue weighted by atomic mass is 16.5. The zero-order valence-electron chi connectivity index (χ0n) is 20.2. The molecule has 1 atom stereocenters. The van der Waals surface area contributed by atoms with Crippen LogP contribution in [-0.4, -0.2) is 38.4 Å². The fourth-order valence-corrected chi connectivity index (χ4v) is 5.21. The first-order valence-corrected chi connectivity index (χ1v) is 12.6. The summed E-state index contributed by atoms with van der Waals surface area (Å²) in [6, 6.07) is 10.4. The minimum absolute atomic E-state index is 0.0411. The number of hydrogen-bond acceptors (Lipinski definition) is 5. The Bertz CT molecular complexity index is 1170. The molecule has 3 heterocycles. The molecule has 1 unspecified atom stereocenters. The molecule has 0 radical (unpaired) electrons. The molecule has 0 spiro atoms. The molecule has 0 bridgehead atoms.